The highest BCUT2D eigenvalue weighted by Crippen LogP contribution is 2.34. The third kappa shape index (κ3) is 2.07. The van der Waals surface area contributed by atoms with Gasteiger partial charge in [-0.25, -0.2) is 4.68 Å². The molecule has 6 heteroatoms. The van der Waals surface area contributed by atoms with Gasteiger partial charge in [-0.15, -0.1) is 5.10 Å². The topological polar surface area (TPSA) is 63.9 Å². The minimum Gasteiger partial charge on any atom is -0.332 e. The van der Waals surface area contributed by atoms with E-state index in [0.717, 1.165) is 13.0 Å². The van der Waals surface area contributed by atoms with E-state index in [4.69, 9.17) is 0 Å². The number of amides is 1. The molecule has 3 rings (SSSR count). The molecule has 2 heterocycles. The molecule has 0 bridgehead atoms. The molecule has 0 aliphatic carbocycles. The fraction of sp³-hybridized carbons (Fsp3) is 0.429. The summed E-state index contributed by atoms with van der Waals surface area (Å²) < 4.78 is 1.46. The van der Waals surface area contributed by atoms with Gasteiger partial charge in [-0.3, -0.25) is 4.79 Å². The zero-order chi connectivity index (χ0) is 14.2. The van der Waals surface area contributed by atoms with Crippen LogP contribution in [0.2, 0.25) is 0 Å². The SMILES string of the molecule is CC1(C)c2ccccc2CCN1C(=O)Cn1cnnn1. The first-order valence-corrected chi connectivity index (χ1v) is 6.68. The fourth-order valence-corrected chi connectivity index (χ4v) is 2.91. The van der Waals surface area contributed by atoms with Crippen molar-refractivity contribution in [3.8, 4) is 0 Å². The molecule has 6 nitrogen and oxygen atoms in total. The molecule has 2 aromatic rings. The van der Waals surface area contributed by atoms with E-state index < -0.39 is 0 Å². The highest BCUT2D eigenvalue weighted by atomic mass is 16.2. The molecule has 1 aromatic carbocycles. The zero-order valence-electron chi connectivity index (χ0n) is 11.7. The Morgan fingerprint density at radius 2 is 2.15 bits per heavy atom. The van der Waals surface area contributed by atoms with Gasteiger partial charge in [-0.2, -0.15) is 0 Å². The van der Waals surface area contributed by atoms with Gasteiger partial charge in [-0.1, -0.05) is 24.3 Å². The van der Waals surface area contributed by atoms with Gasteiger partial charge < -0.3 is 4.90 Å². The second-order valence-corrected chi connectivity index (χ2v) is 5.52. The Balaban J connectivity index is 1.87. The first-order chi connectivity index (χ1) is 9.59. The number of carbonyl (C=O) groups excluding carboxylic acids is 1. The second kappa shape index (κ2) is 4.70. The normalized spacial score (nSPS) is 16.8. The van der Waals surface area contributed by atoms with Crippen LogP contribution in [0.3, 0.4) is 0 Å². The van der Waals surface area contributed by atoms with Crippen molar-refractivity contribution >= 4 is 5.91 Å². The van der Waals surface area contributed by atoms with Crippen molar-refractivity contribution in [2.24, 2.45) is 0 Å². The van der Waals surface area contributed by atoms with Gasteiger partial charge in [0.05, 0.1) is 5.54 Å². The Labute approximate surface area is 117 Å². The highest BCUT2D eigenvalue weighted by Gasteiger charge is 2.37. The molecule has 0 atom stereocenters. The van der Waals surface area contributed by atoms with Crippen molar-refractivity contribution in [1.29, 1.82) is 0 Å². The lowest BCUT2D eigenvalue weighted by molar-refractivity contribution is -0.138. The first kappa shape index (κ1) is 12.8. The van der Waals surface area contributed by atoms with Gasteiger partial charge in [0.2, 0.25) is 5.91 Å². The lowest BCUT2D eigenvalue weighted by atomic mass is 9.83. The van der Waals surface area contributed by atoms with Crippen molar-refractivity contribution in [2.75, 3.05) is 6.54 Å². The molecule has 0 saturated carbocycles. The summed E-state index contributed by atoms with van der Waals surface area (Å²) in [5, 5.41) is 10.9. The number of tetrazole rings is 1. The summed E-state index contributed by atoms with van der Waals surface area (Å²) in [6, 6.07) is 8.31. The van der Waals surface area contributed by atoms with Crippen LogP contribution in [0.4, 0.5) is 0 Å². The van der Waals surface area contributed by atoms with E-state index in [9.17, 15) is 4.79 Å². The molecule has 1 amide bonds. The van der Waals surface area contributed by atoms with Crippen LogP contribution in [0.15, 0.2) is 30.6 Å². The average molecular weight is 271 g/mol. The van der Waals surface area contributed by atoms with Crippen LogP contribution in [-0.2, 0) is 23.3 Å². The lowest BCUT2D eigenvalue weighted by Crippen LogP contribution is -2.51. The van der Waals surface area contributed by atoms with Crippen LogP contribution in [0, 0.1) is 0 Å². The minimum atomic E-state index is -0.306. The van der Waals surface area contributed by atoms with E-state index in [1.165, 1.54) is 22.1 Å². The molecule has 1 aromatic heterocycles. The quantitative estimate of drug-likeness (QED) is 0.817. The molecule has 0 radical (unpaired) electrons. The van der Waals surface area contributed by atoms with Crippen molar-refractivity contribution in [3.63, 3.8) is 0 Å². The molecule has 104 valence electrons. The summed E-state index contributed by atoms with van der Waals surface area (Å²) in [5.41, 5.74) is 2.24. The summed E-state index contributed by atoms with van der Waals surface area (Å²) in [4.78, 5) is 14.4. The molecule has 0 fully saturated rings. The van der Waals surface area contributed by atoms with Crippen LogP contribution in [-0.4, -0.2) is 37.6 Å². The van der Waals surface area contributed by atoms with Gasteiger partial charge in [-0.05, 0) is 41.8 Å². The number of hydrogen-bond acceptors (Lipinski definition) is 4. The Bertz CT molecular complexity index is 620. The van der Waals surface area contributed by atoms with Gasteiger partial charge in [0, 0.05) is 6.54 Å². The summed E-state index contributed by atoms with van der Waals surface area (Å²) in [6.07, 6.45) is 2.35. The van der Waals surface area contributed by atoms with E-state index in [1.54, 1.807) is 0 Å². The molecule has 0 unspecified atom stereocenters. The summed E-state index contributed by atoms with van der Waals surface area (Å²) in [7, 11) is 0. The smallest absolute Gasteiger partial charge is 0.245 e. The van der Waals surface area contributed by atoms with Crippen molar-refractivity contribution < 1.29 is 4.79 Å². The zero-order valence-corrected chi connectivity index (χ0v) is 11.7. The minimum absolute atomic E-state index is 0.0387. The molecule has 0 N–H and O–H groups in total. The highest BCUT2D eigenvalue weighted by molar-refractivity contribution is 5.77. The largest absolute Gasteiger partial charge is 0.332 e. The maximum Gasteiger partial charge on any atom is 0.245 e. The van der Waals surface area contributed by atoms with E-state index in [2.05, 4.69) is 41.5 Å². The summed E-state index contributed by atoms with van der Waals surface area (Å²) >= 11 is 0. The number of fused-ring (bicyclic) bond motifs is 1. The van der Waals surface area contributed by atoms with E-state index >= 15 is 0 Å². The standard InChI is InChI=1S/C14H17N5O/c1-14(2)12-6-4-3-5-11(12)7-8-19(14)13(20)9-18-10-15-16-17-18/h3-6,10H,7-9H2,1-2H3. The van der Waals surface area contributed by atoms with Crippen LogP contribution in [0.1, 0.15) is 25.0 Å². The Kier molecular flexibility index (Phi) is 3.00. The maximum absolute atomic E-state index is 12.5. The monoisotopic (exact) mass is 271 g/mol. The fourth-order valence-electron chi connectivity index (χ4n) is 2.91. The summed E-state index contributed by atoms with van der Waals surface area (Å²) in [5.74, 6) is 0.0387. The van der Waals surface area contributed by atoms with Crippen LogP contribution >= 0.6 is 0 Å². The Morgan fingerprint density at radius 3 is 2.90 bits per heavy atom. The number of nitrogens with zero attached hydrogens (tertiary/aromatic N) is 5. The van der Waals surface area contributed by atoms with Crippen molar-refractivity contribution in [3.05, 3.63) is 41.7 Å². The van der Waals surface area contributed by atoms with Crippen LogP contribution in [0.25, 0.3) is 0 Å². The predicted molar refractivity (Wildman–Crippen MR) is 72.7 cm³/mol. The molecular weight excluding hydrogens is 254 g/mol. The molecule has 0 spiro atoms. The first-order valence-electron chi connectivity index (χ1n) is 6.68. The maximum atomic E-state index is 12.5. The van der Waals surface area contributed by atoms with Crippen molar-refractivity contribution in [1.82, 2.24) is 25.1 Å². The van der Waals surface area contributed by atoms with E-state index in [1.807, 2.05) is 17.0 Å². The Morgan fingerprint density at radius 1 is 1.35 bits per heavy atom. The Hall–Kier alpha value is -2.24. The number of benzene rings is 1. The molecule has 1 aliphatic heterocycles. The lowest BCUT2D eigenvalue weighted by Gasteiger charge is -2.44. The number of rotatable bonds is 2. The molecule has 20 heavy (non-hydrogen) atoms. The third-order valence-electron chi connectivity index (χ3n) is 3.95. The van der Waals surface area contributed by atoms with Crippen LogP contribution < -0.4 is 0 Å². The number of carbonyl (C=O) groups is 1. The van der Waals surface area contributed by atoms with E-state index in [0.29, 0.717) is 0 Å². The molecule has 1 aliphatic rings. The molecule has 0 saturated heterocycles. The van der Waals surface area contributed by atoms with Gasteiger partial charge >= 0.3 is 0 Å². The van der Waals surface area contributed by atoms with Gasteiger partial charge in [0.1, 0.15) is 12.9 Å². The van der Waals surface area contributed by atoms with E-state index in [-0.39, 0.29) is 18.0 Å². The second-order valence-electron chi connectivity index (χ2n) is 5.52. The van der Waals surface area contributed by atoms with Gasteiger partial charge in [0.25, 0.3) is 0 Å². The number of aromatic nitrogens is 4. The molecular formula is C14H17N5O. The van der Waals surface area contributed by atoms with Gasteiger partial charge in [0.15, 0.2) is 0 Å². The van der Waals surface area contributed by atoms with Crippen LogP contribution in [0.5, 0.6) is 0 Å². The van der Waals surface area contributed by atoms with Crippen molar-refractivity contribution in [2.45, 2.75) is 32.4 Å². The number of hydrogen-bond donors (Lipinski definition) is 0. The third-order valence-corrected chi connectivity index (χ3v) is 3.95. The summed E-state index contributed by atoms with van der Waals surface area (Å²) in [6.45, 7) is 5.08. The average Bonchev–Trinajstić information content (AvgIpc) is 2.91. The predicted octanol–water partition coefficient (Wildman–Crippen LogP) is 0.993.